The van der Waals surface area contributed by atoms with Gasteiger partial charge in [-0.25, -0.2) is 4.39 Å². The minimum atomic E-state index is -0.715. The van der Waals surface area contributed by atoms with Crippen molar-refractivity contribution in [1.82, 2.24) is 0 Å². The number of carbonyl (C=O) groups excluding carboxylic acids is 1. The van der Waals surface area contributed by atoms with Gasteiger partial charge in [0.05, 0.1) is 11.4 Å². The summed E-state index contributed by atoms with van der Waals surface area (Å²) >= 11 is 0. The summed E-state index contributed by atoms with van der Waals surface area (Å²) in [6.45, 7) is 0. The third-order valence-electron chi connectivity index (χ3n) is 2.76. The Hall–Kier alpha value is -3.33. The molecule has 0 saturated heterocycles. The molecule has 0 aliphatic heterocycles. The average molecular weight is 297 g/mol. The lowest BCUT2D eigenvalue weighted by molar-refractivity contribution is -0.112. The van der Waals surface area contributed by atoms with Gasteiger partial charge in [-0.1, -0.05) is 24.3 Å². The van der Waals surface area contributed by atoms with Crippen LogP contribution in [-0.4, -0.2) is 11.0 Å². The monoisotopic (exact) mass is 297 g/mol. The molecular formula is C16H12FN3O2. The number of benzene rings is 2. The zero-order chi connectivity index (χ0) is 15.9. The van der Waals surface area contributed by atoms with Crippen LogP contribution in [-0.2, 0) is 4.79 Å². The van der Waals surface area contributed by atoms with E-state index in [-0.39, 0.29) is 22.7 Å². The SMILES string of the molecule is N#C/C(=C/Nc1ccccc1F)C(=O)Nc1ccccc1O. The predicted molar refractivity (Wildman–Crippen MR) is 80.5 cm³/mol. The molecule has 2 aromatic rings. The molecule has 110 valence electrons. The van der Waals surface area contributed by atoms with Crippen LogP contribution in [0.2, 0.25) is 0 Å². The highest BCUT2D eigenvalue weighted by molar-refractivity contribution is 6.07. The number of rotatable bonds is 4. The van der Waals surface area contributed by atoms with Crippen molar-refractivity contribution in [3.8, 4) is 11.8 Å². The molecule has 6 heteroatoms. The number of nitriles is 1. The maximum atomic E-state index is 13.4. The van der Waals surface area contributed by atoms with Gasteiger partial charge in [-0.2, -0.15) is 5.26 Å². The van der Waals surface area contributed by atoms with E-state index in [4.69, 9.17) is 5.26 Å². The largest absolute Gasteiger partial charge is 0.506 e. The molecule has 2 aromatic carbocycles. The van der Waals surface area contributed by atoms with Crippen molar-refractivity contribution in [2.24, 2.45) is 0 Å². The van der Waals surface area contributed by atoms with Gasteiger partial charge in [0.2, 0.25) is 0 Å². The Kier molecular flexibility index (Phi) is 4.73. The number of para-hydroxylation sites is 3. The van der Waals surface area contributed by atoms with Crippen LogP contribution >= 0.6 is 0 Å². The first kappa shape index (κ1) is 15.1. The summed E-state index contributed by atoms with van der Waals surface area (Å²) in [5, 5.41) is 23.6. The van der Waals surface area contributed by atoms with E-state index >= 15 is 0 Å². The molecule has 0 bridgehead atoms. The third kappa shape index (κ3) is 3.61. The molecule has 5 nitrogen and oxygen atoms in total. The summed E-state index contributed by atoms with van der Waals surface area (Å²) in [5.41, 5.74) is 0.0663. The number of nitrogens with zero attached hydrogens (tertiary/aromatic N) is 1. The molecule has 0 heterocycles. The lowest BCUT2D eigenvalue weighted by atomic mass is 10.2. The van der Waals surface area contributed by atoms with Crippen LogP contribution in [0.3, 0.4) is 0 Å². The Morgan fingerprint density at radius 1 is 1.14 bits per heavy atom. The van der Waals surface area contributed by atoms with Crippen LogP contribution in [0, 0.1) is 17.1 Å². The standard InChI is InChI=1S/C16H12FN3O2/c17-12-5-1-2-6-13(12)19-10-11(9-18)16(22)20-14-7-3-4-8-15(14)21/h1-8,10,19,21H,(H,20,22)/b11-10-. The molecule has 22 heavy (non-hydrogen) atoms. The van der Waals surface area contributed by atoms with Crippen LogP contribution in [0.25, 0.3) is 0 Å². The number of aromatic hydroxyl groups is 1. The molecule has 1 amide bonds. The first-order chi connectivity index (χ1) is 10.6. The number of anilines is 2. The van der Waals surface area contributed by atoms with E-state index in [0.717, 1.165) is 6.20 Å². The highest BCUT2D eigenvalue weighted by atomic mass is 19.1. The van der Waals surface area contributed by atoms with Crippen molar-refractivity contribution in [2.45, 2.75) is 0 Å². The van der Waals surface area contributed by atoms with Gasteiger partial charge in [-0.15, -0.1) is 0 Å². The maximum absolute atomic E-state index is 13.4. The second-order valence-corrected chi connectivity index (χ2v) is 4.27. The normalized spacial score (nSPS) is 10.6. The van der Waals surface area contributed by atoms with Crippen LogP contribution < -0.4 is 10.6 Å². The first-order valence-corrected chi connectivity index (χ1v) is 6.32. The number of hydrogen-bond acceptors (Lipinski definition) is 4. The average Bonchev–Trinajstić information content (AvgIpc) is 2.52. The molecule has 0 radical (unpaired) electrons. The van der Waals surface area contributed by atoms with Crippen molar-refractivity contribution >= 4 is 17.3 Å². The molecule has 3 N–H and O–H groups in total. The summed E-state index contributed by atoms with van der Waals surface area (Å²) in [6, 6.07) is 13.7. The van der Waals surface area contributed by atoms with Crippen molar-refractivity contribution < 1.29 is 14.3 Å². The number of nitrogens with one attached hydrogen (secondary N) is 2. The van der Waals surface area contributed by atoms with Crippen LogP contribution in [0.15, 0.2) is 60.3 Å². The molecule has 0 atom stereocenters. The van der Waals surface area contributed by atoms with Gasteiger partial charge < -0.3 is 15.7 Å². The van der Waals surface area contributed by atoms with E-state index < -0.39 is 11.7 Å². The molecule has 2 rings (SSSR count). The van der Waals surface area contributed by atoms with Gasteiger partial charge in [0.1, 0.15) is 23.2 Å². The topological polar surface area (TPSA) is 85.2 Å². The Morgan fingerprint density at radius 3 is 2.41 bits per heavy atom. The quantitative estimate of drug-likeness (QED) is 0.460. The molecule has 0 aromatic heterocycles. The summed E-state index contributed by atoms with van der Waals surface area (Å²) in [6.07, 6.45) is 1.10. The van der Waals surface area contributed by atoms with Gasteiger partial charge in [-0.05, 0) is 24.3 Å². The Labute approximate surface area is 126 Å². The Morgan fingerprint density at radius 2 is 1.77 bits per heavy atom. The third-order valence-corrected chi connectivity index (χ3v) is 2.76. The molecule has 0 unspecified atom stereocenters. The number of carbonyl (C=O) groups is 1. The highest BCUT2D eigenvalue weighted by Crippen LogP contribution is 2.22. The van der Waals surface area contributed by atoms with Gasteiger partial charge >= 0.3 is 0 Å². The second-order valence-electron chi connectivity index (χ2n) is 4.27. The van der Waals surface area contributed by atoms with E-state index in [1.165, 1.54) is 30.3 Å². The van der Waals surface area contributed by atoms with E-state index in [0.29, 0.717) is 0 Å². The molecule has 0 aliphatic carbocycles. The summed E-state index contributed by atoms with van der Waals surface area (Å²) in [7, 11) is 0. The van der Waals surface area contributed by atoms with E-state index in [9.17, 15) is 14.3 Å². The Bertz CT molecular complexity index is 766. The minimum absolute atomic E-state index is 0.116. The smallest absolute Gasteiger partial charge is 0.267 e. The number of hydrogen-bond donors (Lipinski definition) is 3. The van der Waals surface area contributed by atoms with E-state index in [2.05, 4.69) is 10.6 Å². The zero-order valence-electron chi connectivity index (χ0n) is 11.4. The van der Waals surface area contributed by atoms with Crippen LogP contribution in [0.1, 0.15) is 0 Å². The highest BCUT2D eigenvalue weighted by Gasteiger charge is 2.11. The zero-order valence-corrected chi connectivity index (χ0v) is 11.4. The van der Waals surface area contributed by atoms with E-state index in [1.54, 1.807) is 24.3 Å². The fourth-order valence-electron chi connectivity index (χ4n) is 1.65. The van der Waals surface area contributed by atoms with Gasteiger partial charge in [0, 0.05) is 6.20 Å². The predicted octanol–water partition coefficient (Wildman–Crippen LogP) is 2.99. The number of phenols is 1. The van der Waals surface area contributed by atoms with Gasteiger partial charge in [0.25, 0.3) is 5.91 Å². The lowest BCUT2D eigenvalue weighted by Gasteiger charge is -2.07. The lowest BCUT2D eigenvalue weighted by Crippen LogP contribution is -2.14. The molecular weight excluding hydrogens is 285 g/mol. The molecule has 0 saturated carbocycles. The summed E-state index contributed by atoms with van der Waals surface area (Å²) < 4.78 is 13.4. The number of amides is 1. The fraction of sp³-hybridized carbons (Fsp3) is 0. The van der Waals surface area contributed by atoms with Crippen LogP contribution in [0.5, 0.6) is 5.75 Å². The maximum Gasteiger partial charge on any atom is 0.267 e. The first-order valence-electron chi connectivity index (χ1n) is 6.32. The van der Waals surface area contributed by atoms with Crippen molar-refractivity contribution in [2.75, 3.05) is 10.6 Å². The second kappa shape index (κ2) is 6.90. The summed E-state index contributed by atoms with van der Waals surface area (Å²) in [4.78, 5) is 12.0. The van der Waals surface area contributed by atoms with Gasteiger partial charge in [-0.3, -0.25) is 4.79 Å². The van der Waals surface area contributed by atoms with Crippen molar-refractivity contribution in [3.05, 3.63) is 66.1 Å². The van der Waals surface area contributed by atoms with Crippen molar-refractivity contribution in [3.63, 3.8) is 0 Å². The molecule has 0 spiro atoms. The summed E-state index contributed by atoms with van der Waals surface area (Å²) in [5.74, 6) is -1.33. The van der Waals surface area contributed by atoms with Crippen molar-refractivity contribution in [1.29, 1.82) is 5.26 Å². The Balaban J connectivity index is 2.13. The molecule has 0 aliphatic rings. The number of phenolic OH excluding ortho intramolecular Hbond substituents is 1. The number of halogens is 1. The van der Waals surface area contributed by atoms with Crippen LogP contribution in [0.4, 0.5) is 15.8 Å². The van der Waals surface area contributed by atoms with E-state index in [1.807, 2.05) is 0 Å². The van der Waals surface area contributed by atoms with Gasteiger partial charge in [0.15, 0.2) is 0 Å². The minimum Gasteiger partial charge on any atom is -0.506 e. The fourth-order valence-corrected chi connectivity index (χ4v) is 1.65. The molecule has 0 fully saturated rings.